The quantitative estimate of drug-likeness (QED) is 0.848. The van der Waals surface area contributed by atoms with Crippen molar-refractivity contribution in [1.29, 1.82) is 0 Å². The van der Waals surface area contributed by atoms with Gasteiger partial charge in [0.25, 0.3) is 5.95 Å². The maximum absolute atomic E-state index is 10.8. The van der Waals surface area contributed by atoms with E-state index in [-0.39, 0.29) is 6.10 Å². The van der Waals surface area contributed by atoms with Gasteiger partial charge in [-0.15, -0.1) is 0 Å². The van der Waals surface area contributed by atoms with E-state index in [2.05, 4.69) is 38.1 Å². The number of hydrogen-bond donors (Lipinski definition) is 1. The molecule has 29 heavy (non-hydrogen) atoms. The first kappa shape index (κ1) is 18.7. The number of piperidine rings is 1. The summed E-state index contributed by atoms with van der Waals surface area (Å²) in [6.45, 7) is 5.81. The summed E-state index contributed by atoms with van der Waals surface area (Å²) in [6, 6.07) is 8.36. The summed E-state index contributed by atoms with van der Waals surface area (Å²) in [5.41, 5.74) is 1.23. The third-order valence-corrected chi connectivity index (χ3v) is 6.71. The highest BCUT2D eigenvalue weighted by molar-refractivity contribution is 5.51. The lowest BCUT2D eigenvalue weighted by Crippen LogP contribution is -2.42. The van der Waals surface area contributed by atoms with E-state index in [4.69, 9.17) is 9.26 Å². The SMILES string of the molecule is Cc1nc(N2C[C@H]3C[C@@H](Oc4cccc(N5CCCCC5)c4)[C@H](O)C[C@H]3C2)no1. The number of fused-ring (bicyclic) bond motifs is 1. The van der Waals surface area contributed by atoms with Crippen molar-refractivity contribution in [3.63, 3.8) is 0 Å². The molecule has 2 aliphatic heterocycles. The Balaban J connectivity index is 1.24. The number of benzene rings is 1. The third-order valence-electron chi connectivity index (χ3n) is 6.71. The smallest absolute Gasteiger partial charge is 0.266 e. The fourth-order valence-electron chi connectivity index (χ4n) is 5.18. The molecule has 1 aromatic heterocycles. The highest BCUT2D eigenvalue weighted by Gasteiger charge is 2.43. The van der Waals surface area contributed by atoms with Gasteiger partial charge in [-0.05, 0) is 61.2 Å². The van der Waals surface area contributed by atoms with Gasteiger partial charge in [-0.1, -0.05) is 6.07 Å². The second-order valence-electron chi connectivity index (χ2n) is 8.78. The van der Waals surface area contributed by atoms with Crippen molar-refractivity contribution in [2.75, 3.05) is 36.0 Å². The molecule has 156 valence electrons. The van der Waals surface area contributed by atoms with Gasteiger partial charge < -0.3 is 24.2 Å². The van der Waals surface area contributed by atoms with Crippen LogP contribution in [0, 0.1) is 18.8 Å². The van der Waals surface area contributed by atoms with E-state index in [1.165, 1.54) is 24.9 Å². The number of ether oxygens (including phenoxy) is 1. The van der Waals surface area contributed by atoms with Gasteiger partial charge in [0.15, 0.2) is 0 Å². The normalized spacial score (nSPS) is 29.7. The van der Waals surface area contributed by atoms with Crippen LogP contribution < -0.4 is 14.5 Å². The Kier molecular flexibility index (Phi) is 5.08. The number of aliphatic hydroxyl groups is 1. The van der Waals surface area contributed by atoms with Gasteiger partial charge in [0, 0.05) is 44.9 Å². The Morgan fingerprint density at radius 2 is 1.86 bits per heavy atom. The van der Waals surface area contributed by atoms with E-state index in [0.717, 1.165) is 44.8 Å². The number of aryl methyl sites for hydroxylation is 1. The summed E-state index contributed by atoms with van der Waals surface area (Å²) in [6.07, 6.45) is 4.84. The monoisotopic (exact) mass is 398 g/mol. The van der Waals surface area contributed by atoms with E-state index in [0.29, 0.717) is 23.7 Å². The van der Waals surface area contributed by atoms with Gasteiger partial charge in [0.1, 0.15) is 11.9 Å². The van der Waals surface area contributed by atoms with Crippen LogP contribution in [0.5, 0.6) is 5.75 Å². The van der Waals surface area contributed by atoms with Gasteiger partial charge in [-0.25, -0.2) is 0 Å². The topological polar surface area (TPSA) is 74.9 Å². The average Bonchev–Trinajstić information content (AvgIpc) is 3.35. The fraction of sp³-hybridized carbons (Fsp3) is 0.636. The lowest BCUT2D eigenvalue weighted by Gasteiger charge is -2.35. The molecular weight excluding hydrogens is 368 g/mol. The fourth-order valence-corrected chi connectivity index (χ4v) is 5.18. The molecule has 1 aliphatic carbocycles. The van der Waals surface area contributed by atoms with Crippen LogP contribution in [0.15, 0.2) is 28.8 Å². The molecule has 4 atom stereocenters. The predicted molar refractivity (Wildman–Crippen MR) is 110 cm³/mol. The van der Waals surface area contributed by atoms with Crippen LogP contribution >= 0.6 is 0 Å². The van der Waals surface area contributed by atoms with Crippen LogP contribution in [0.4, 0.5) is 11.6 Å². The van der Waals surface area contributed by atoms with Gasteiger partial charge in [-0.2, -0.15) is 4.98 Å². The minimum Gasteiger partial charge on any atom is -0.488 e. The minimum atomic E-state index is -0.443. The minimum absolute atomic E-state index is 0.167. The summed E-state index contributed by atoms with van der Waals surface area (Å²) < 4.78 is 11.4. The molecule has 0 amide bonds. The van der Waals surface area contributed by atoms with Crippen molar-refractivity contribution in [2.45, 2.75) is 51.2 Å². The summed E-state index contributed by atoms with van der Waals surface area (Å²) in [4.78, 5) is 8.97. The highest BCUT2D eigenvalue weighted by Crippen LogP contribution is 2.39. The standard InChI is InChI=1S/C22H30N4O3/c1-15-23-22(24-29-15)26-13-16-10-20(27)21(11-17(16)14-26)28-19-7-5-6-18(12-19)25-8-3-2-4-9-25/h5-7,12,16-17,20-21,27H,2-4,8-11,13-14H2,1H3/t16-,17+,20+,21+/m0/s1. The lowest BCUT2D eigenvalue weighted by molar-refractivity contribution is -0.0231. The largest absolute Gasteiger partial charge is 0.488 e. The number of aromatic nitrogens is 2. The van der Waals surface area contributed by atoms with Crippen LogP contribution in [0.25, 0.3) is 0 Å². The number of anilines is 2. The molecule has 2 saturated heterocycles. The first-order valence-corrected chi connectivity index (χ1v) is 10.9. The van der Waals surface area contributed by atoms with E-state index < -0.39 is 6.10 Å². The van der Waals surface area contributed by atoms with Crippen molar-refractivity contribution in [2.24, 2.45) is 11.8 Å². The maximum atomic E-state index is 10.8. The first-order chi connectivity index (χ1) is 14.2. The Morgan fingerprint density at radius 1 is 1.07 bits per heavy atom. The Bertz CT molecular complexity index is 835. The molecule has 0 unspecified atom stereocenters. The molecule has 1 aromatic carbocycles. The molecule has 1 N–H and O–H groups in total. The zero-order valence-corrected chi connectivity index (χ0v) is 17.0. The zero-order chi connectivity index (χ0) is 19.8. The van der Waals surface area contributed by atoms with Crippen molar-refractivity contribution in [1.82, 2.24) is 10.1 Å². The second kappa shape index (κ2) is 7.86. The van der Waals surface area contributed by atoms with E-state index in [1.807, 2.05) is 13.0 Å². The predicted octanol–water partition coefficient (Wildman–Crippen LogP) is 3.02. The Morgan fingerprint density at radius 3 is 2.62 bits per heavy atom. The molecule has 0 spiro atoms. The van der Waals surface area contributed by atoms with Gasteiger partial charge in [0.05, 0.1) is 6.10 Å². The van der Waals surface area contributed by atoms with E-state index in [9.17, 15) is 5.11 Å². The van der Waals surface area contributed by atoms with Crippen LogP contribution in [0.2, 0.25) is 0 Å². The van der Waals surface area contributed by atoms with Crippen LogP contribution in [0.1, 0.15) is 38.0 Å². The second-order valence-corrected chi connectivity index (χ2v) is 8.78. The molecular formula is C22H30N4O3. The average molecular weight is 399 g/mol. The van der Waals surface area contributed by atoms with Crippen LogP contribution in [-0.2, 0) is 0 Å². The van der Waals surface area contributed by atoms with Crippen molar-refractivity contribution >= 4 is 11.6 Å². The number of aliphatic hydroxyl groups excluding tert-OH is 1. The van der Waals surface area contributed by atoms with Crippen molar-refractivity contribution < 1.29 is 14.4 Å². The number of hydrogen-bond acceptors (Lipinski definition) is 7. The van der Waals surface area contributed by atoms with Crippen LogP contribution in [0.3, 0.4) is 0 Å². The molecule has 0 bridgehead atoms. The molecule has 7 heteroatoms. The molecule has 7 nitrogen and oxygen atoms in total. The van der Waals surface area contributed by atoms with Crippen LogP contribution in [-0.4, -0.2) is 53.6 Å². The molecule has 3 fully saturated rings. The summed E-state index contributed by atoms with van der Waals surface area (Å²) >= 11 is 0. The number of rotatable bonds is 4. The van der Waals surface area contributed by atoms with Gasteiger partial charge in [-0.3, -0.25) is 0 Å². The number of nitrogens with zero attached hydrogens (tertiary/aromatic N) is 4. The summed E-state index contributed by atoms with van der Waals surface area (Å²) in [5.74, 6) is 3.04. The molecule has 3 aliphatic rings. The first-order valence-electron chi connectivity index (χ1n) is 10.9. The lowest BCUT2D eigenvalue weighted by atomic mass is 9.78. The zero-order valence-electron chi connectivity index (χ0n) is 17.0. The van der Waals surface area contributed by atoms with E-state index >= 15 is 0 Å². The van der Waals surface area contributed by atoms with E-state index in [1.54, 1.807) is 0 Å². The summed E-state index contributed by atoms with van der Waals surface area (Å²) in [5, 5.41) is 14.8. The molecule has 0 radical (unpaired) electrons. The molecule has 1 saturated carbocycles. The molecule has 3 heterocycles. The highest BCUT2D eigenvalue weighted by atomic mass is 16.5. The molecule has 5 rings (SSSR count). The van der Waals surface area contributed by atoms with Crippen molar-refractivity contribution in [3.8, 4) is 5.75 Å². The van der Waals surface area contributed by atoms with Crippen molar-refractivity contribution in [3.05, 3.63) is 30.2 Å². The summed E-state index contributed by atoms with van der Waals surface area (Å²) in [7, 11) is 0. The Labute approximate surface area is 171 Å². The maximum Gasteiger partial charge on any atom is 0.266 e. The van der Waals surface area contributed by atoms with Gasteiger partial charge in [0.2, 0.25) is 5.89 Å². The molecule has 2 aromatic rings. The Hall–Kier alpha value is -2.28. The third kappa shape index (κ3) is 3.92. The van der Waals surface area contributed by atoms with Gasteiger partial charge >= 0.3 is 0 Å².